The quantitative estimate of drug-likeness (QED) is 0.868. The fourth-order valence-corrected chi connectivity index (χ4v) is 4.17. The van der Waals surface area contributed by atoms with Gasteiger partial charge in [0.05, 0.1) is 0 Å². The van der Waals surface area contributed by atoms with Crippen LogP contribution in [0.1, 0.15) is 53.1 Å². The molecule has 1 spiro atoms. The molecule has 0 aliphatic heterocycles. The Bertz CT molecular complexity index is 712. The van der Waals surface area contributed by atoms with Crippen LogP contribution in [0.3, 0.4) is 0 Å². The molecule has 112 valence electrons. The summed E-state index contributed by atoms with van der Waals surface area (Å²) in [6.45, 7) is 0. The maximum Gasteiger partial charge on any atom is 0.210 e. The zero-order chi connectivity index (χ0) is 15.2. The number of Topliss-reactive ketones (excluding diaryl/α,β-unsaturated/α-hetero) is 1. The van der Waals surface area contributed by atoms with Crippen LogP contribution in [0.25, 0.3) is 0 Å². The van der Waals surface area contributed by atoms with Gasteiger partial charge in [-0.15, -0.1) is 0 Å². The first-order valence-electron chi connectivity index (χ1n) is 7.96. The molecule has 4 rings (SSSR count). The van der Waals surface area contributed by atoms with E-state index in [0.717, 1.165) is 37.7 Å². The zero-order valence-corrected chi connectivity index (χ0v) is 12.5. The topological polar surface area (TPSA) is 50.2 Å². The summed E-state index contributed by atoms with van der Waals surface area (Å²) in [6.07, 6.45) is 6.61. The number of hydrogen-bond donors (Lipinski definition) is 1. The highest BCUT2D eigenvalue weighted by Gasteiger charge is 2.47. The Hall–Kier alpha value is -2.16. The fourth-order valence-electron chi connectivity index (χ4n) is 4.17. The summed E-state index contributed by atoms with van der Waals surface area (Å²) < 4.78 is 0. The number of aromatic hydroxyl groups is 1. The lowest BCUT2D eigenvalue weighted by Gasteiger charge is -2.36. The first kappa shape index (κ1) is 13.5. The van der Waals surface area contributed by atoms with Crippen molar-refractivity contribution in [2.45, 2.75) is 38.0 Å². The van der Waals surface area contributed by atoms with Gasteiger partial charge in [0.2, 0.25) is 5.88 Å². The minimum absolute atomic E-state index is 0.0671. The number of pyridine rings is 1. The normalized spacial score (nSPS) is 27.1. The molecule has 22 heavy (non-hydrogen) atoms. The third-order valence-electron chi connectivity index (χ3n) is 5.46. The van der Waals surface area contributed by atoms with E-state index >= 15 is 0 Å². The number of nitrogens with zero attached hydrogens (tertiary/aromatic N) is 1. The summed E-state index contributed by atoms with van der Waals surface area (Å²) in [7, 11) is 0. The van der Waals surface area contributed by atoms with Gasteiger partial charge in [-0.2, -0.15) is 0 Å². The summed E-state index contributed by atoms with van der Waals surface area (Å²) >= 11 is 0. The maximum absolute atomic E-state index is 12.8. The molecule has 3 heteroatoms. The summed E-state index contributed by atoms with van der Waals surface area (Å²) in [5.74, 6) is 0.873. The predicted molar refractivity (Wildman–Crippen MR) is 84.0 cm³/mol. The highest BCUT2D eigenvalue weighted by molar-refractivity contribution is 6.05. The van der Waals surface area contributed by atoms with Crippen LogP contribution in [-0.2, 0) is 6.42 Å². The summed E-state index contributed by atoms with van der Waals surface area (Å²) in [5, 5.41) is 9.30. The van der Waals surface area contributed by atoms with Gasteiger partial charge in [-0.1, -0.05) is 30.3 Å². The van der Waals surface area contributed by atoms with E-state index in [9.17, 15) is 9.90 Å². The second-order valence-electron chi connectivity index (χ2n) is 6.67. The van der Waals surface area contributed by atoms with Gasteiger partial charge in [-0.25, -0.2) is 4.98 Å². The van der Waals surface area contributed by atoms with Crippen LogP contribution in [0.2, 0.25) is 0 Å². The predicted octanol–water partition coefficient (Wildman–Crippen LogP) is 3.87. The van der Waals surface area contributed by atoms with Gasteiger partial charge in [-0.05, 0) is 49.1 Å². The molecule has 0 amide bonds. The summed E-state index contributed by atoms with van der Waals surface area (Å²) in [6, 6.07) is 11.7. The Morgan fingerprint density at radius 2 is 1.86 bits per heavy atom. The lowest BCUT2D eigenvalue weighted by atomic mass is 9.67. The van der Waals surface area contributed by atoms with Crippen LogP contribution in [0.5, 0.6) is 5.88 Å². The van der Waals surface area contributed by atoms with E-state index in [0.29, 0.717) is 11.7 Å². The molecule has 0 atom stereocenters. The number of hydrogen-bond acceptors (Lipinski definition) is 3. The Labute approximate surface area is 130 Å². The fraction of sp³-hybridized carbons (Fsp3) is 0.368. The lowest BCUT2D eigenvalue weighted by molar-refractivity contribution is 0.0734. The molecule has 1 aromatic heterocycles. The maximum atomic E-state index is 12.8. The first-order chi connectivity index (χ1) is 10.7. The van der Waals surface area contributed by atoms with E-state index in [1.807, 2.05) is 24.3 Å². The minimum atomic E-state index is -0.162. The molecule has 2 aromatic rings. The number of rotatable bonds is 1. The lowest BCUT2D eigenvalue weighted by Crippen LogP contribution is -2.32. The van der Waals surface area contributed by atoms with Crippen molar-refractivity contribution < 1.29 is 9.90 Å². The minimum Gasteiger partial charge on any atom is -0.493 e. The van der Waals surface area contributed by atoms with Crippen molar-refractivity contribution in [2.24, 2.45) is 5.41 Å². The highest BCUT2D eigenvalue weighted by Crippen LogP contribution is 2.50. The van der Waals surface area contributed by atoms with Crippen LogP contribution in [0, 0.1) is 5.41 Å². The van der Waals surface area contributed by atoms with E-state index < -0.39 is 0 Å². The van der Waals surface area contributed by atoms with Crippen LogP contribution in [-0.4, -0.2) is 15.9 Å². The Morgan fingerprint density at radius 1 is 1.09 bits per heavy atom. The standard InChI is InChI=1S/C19H19NO2/c21-17-6-5-15(12-20-17)13-7-9-19(10-8-13)11-14-3-1-2-4-16(14)18(19)22/h1-6,12-13H,7-11H2,(H,20,21)/t13-,19+. The summed E-state index contributed by atoms with van der Waals surface area (Å²) in [4.78, 5) is 16.8. The van der Waals surface area contributed by atoms with E-state index in [1.54, 1.807) is 12.3 Å². The number of carbonyl (C=O) groups excluding carboxylic acids is 1. The molecule has 3 nitrogen and oxygen atoms in total. The first-order valence-corrected chi connectivity index (χ1v) is 7.96. The van der Waals surface area contributed by atoms with Crippen molar-refractivity contribution in [3.8, 4) is 5.88 Å². The Kier molecular flexibility index (Phi) is 3.03. The van der Waals surface area contributed by atoms with E-state index in [2.05, 4.69) is 11.1 Å². The van der Waals surface area contributed by atoms with Crippen molar-refractivity contribution in [3.63, 3.8) is 0 Å². The van der Waals surface area contributed by atoms with Gasteiger partial charge in [0, 0.05) is 23.2 Å². The van der Waals surface area contributed by atoms with Gasteiger partial charge in [0.1, 0.15) is 0 Å². The smallest absolute Gasteiger partial charge is 0.210 e. The van der Waals surface area contributed by atoms with Crippen LogP contribution >= 0.6 is 0 Å². The second kappa shape index (κ2) is 4.94. The van der Waals surface area contributed by atoms with E-state index in [1.165, 1.54) is 11.1 Å². The van der Waals surface area contributed by atoms with Crippen molar-refractivity contribution in [2.75, 3.05) is 0 Å². The molecule has 1 fully saturated rings. The van der Waals surface area contributed by atoms with Crippen molar-refractivity contribution in [3.05, 3.63) is 59.3 Å². The largest absolute Gasteiger partial charge is 0.493 e. The van der Waals surface area contributed by atoms with Crippen LogP contribution in [0.15, 0.2) is 42.6 Å². The number of carbonyl (C=O) groups is 1. The molecule has 0 unspecified atom stereocenters. The van der Waals surface area contributed by atoms with Crippen molar-refractivity contribution >= 4 is 5.78 Å². The molecule has 1 saturated carbocycles. The molecule has 2 aliphatic rings. The van der Waals surface area contributed by atoms with Crippen molar-refractivity contribution in [1.29, 1.82) is 0 Å². The molecule has 1 N–H and O–H groups in total. The third kappa shape index (κ3) is 2.04. The molecular formula is C19H19NO2. The highest BCUT2D eigenvalue weighted by atomic mass is 16.3. The molecule has 1 aromatic carbocycles. The number of benzene rings is 1. The monoisotopic (exact) mass is 293 g/mol. The molecule has 0 saturated heterocycles. The average Bonchev–Trinajstić information content (AvgIpc) is 2.82. The molecule has 0 bridgehead atoms. The number of aromatic nitrogens is 1. The molecular weight excluding hydrogens is 274 g/mol. The average molecular weight is 293 g/mol. The zero-order valence-electron chi connectivity index (χ0n) is 12.5. The van der Waals surface area contributed by atoms with Crippen molar-refractivity contribution in [1.82, 2.24) is 4.98 Å². The molecule has 1 heterocycles. The van der Waals surface area contributed by atoms with Gasteiger partial charge in [0.15, 0.2) is 5.78 Å². The van der Waals surface area contributed by atoms with Crippen LogP contribution < -0.4 is 0 Å². The van der Waals surface area contributed by atoms with E-state index in [-0.39, 0.29) is 11.3 Å². The van der Waals surface area contributed by atoms with Gasteiger partial charge >= 0.3 is 0 Å². The SMILES string of the molecule is O=C1c2ccccc2C[C@]12CC[C@H](c1ccc(O)nc1)CC2. The van der Waals surface area contributed by atoms with Gasteiger partial charge in [-0.3, -0.25) is 4.79 Å². The second-order valence-corrected chi connectivity index (χ2v) is 6.67. The Morgan fingerprint density at radius 3 is 2.55 bits per heavy atom. The van der Waals surface area contributed by atoms with E-state index in [4.69, 9.17) is 0 Å². The molecule has 2 aliphatic carbocycles. The van der Waals surface area contributed by atoms with Gasteiger partial charge in [0.25, 0.3) is 0 Å². The molecule has 0 radical (unpaired) electrons. The Balaban J connectivity index is 1.53. The number of ketones is 1. The number of fused-ring (bicyclic) bond motifs is 1. The summed E-state index contributed by atoms with van der Waals surface area (Å²) in [5.41, 5.74) is 3.17. The van der Waals surface area contributed by atoms with Gasteiger partial charge < -0.3 is 5.11 Å². The van der Waals surface area contributed by atoms with Crippen LogP contribution in [0.4, 0.5) is 0 Å². The third-order valence-corrected chi connectivity index (χ3v) is 5.46.